The Bertz CT molecular complexity index is 202. The van der Waals surface area contributed by atoms with E-state index in [0.29, 0.717) is 11.0 Å². The van der Waals surface area contributed by atoms with E-state index in [9.17, 15) is 0 Å². The van der Waals surface area contributed by atoms with Gasteiger partial charge < -0.3 is 9.63 Å². The zero-order chi connectivity index (χ0) is 7.56. The van der Waals surface area contributed by atoms with Crippen molar-refractivity contribution in [2.75, 3.05) is 6.61 Å². The number of rotatable bonds is 2. The van der Waals surface area contributed by atoms with Gasteiger partial charge >= 0.3 is 0 Å². The summed E-state index contributed by atoms with van der Waals surface area (Å²) in [6.07, 6.45) is 0.593. The number of hydrogen-bond donors (Lipinski definition) is 1. The van der Waals surface area contributed by atoms with Crippen molar-refractivity contribution in [1.82, 2.24) is 5.16 Å². The number of aromatic nitrogens is 1. The van der Waals surface area contributed by atoms with Gasteiger partial charge in [-0.05, 0) is 22.9 Å². The largest absolute Gasteiger partial charge is 0.396 e. The van der Waals surface area contributed by atoms with Crippen molar-refractivity contribution >= 4 is 15.9 Å². The first-order valence-corrected chi connectivity index (χ1v) is 3.76. The lowest BCUT2D eigenvalue weighted by molar-refractivity contribution is 0.298. The van der Waals surface area contributed by atoms with E-state index < -0.39 is 0 Å². The molecule has 1 heterocycles. The molecule has 3 nitrogen and oxygen atoms in total. The van der Waals surface area contributed by atoms with E-state index in [1.54, 1.807) is 0 Å². The van der Waals surface area contributed by atoms with Gasteiger partial charge in [0.05, 0.1) is 0 Å². The number of halogens is 1. The third-order valence-corrected chi connectivity index (χ3v) is 1.92. The zero-order valence-corrected chi connectivity index (χ0v) is 7.18. The van der Waals surface area contributed by atoms with Gasteiger partial charge in [0, 0.05) is 18.6 Å². The molecule has 0 fully saturated rings. The predicted molar refractivity (Wildman–Crippen MR) is 39.7 cm³/mol. The third kappa shape index (κ3) is 1.38. The Morgan fingerprint density at radius 2 is 2.40 bits per heavy atom. The quantitative estimate of drug-likeness (QED) is 0.792. The number of aryl methyl sites for hydroxylation is 1. The summed E-state index contributed by atoms with van der Waals surface area (Å²) in [5.74, 6) is 0.765. The molecule has 0 saturated carbocycles. The van der Waals surface area contributed by atoms with Crippen molar-refractivity contribution in [2.45, 2.75) is 13.3 Å². The second kappa shape index (κ2) is 3.16. The Morgan fingerprint density at radius 1 is 1.70 bits per heavy atom. The number of hydrogen-bond acceptors (Lipinski definition) is 3. The number of aliphatic hydroxyl groups excluding tert-OH is 1. The lowest BCUT2D eigenvalue weighted by Crippen LogP contribution is -1.90. The Kier molecular flexibility index (Phi) is 2.45. The van der Waals surface area contributed by atoms with Gasteiger partial charge in [-0.25, -0.2) is 0 Å². The molecule has 0 aromatic carbocycles. The lowest BCUT2D eigenvalue weighted by Gasteiger charge is -1.91. The number of aliphatic hydroxyl groups is 1. The van der Waals surface area contributed by atoms with Crippen LogP contribution in [0.15, 0.2) is 9.13 Å². The van der Waals surface area contributed by atoms with Crippen molar-refractivity contribution in [1.29, 1.82) is 0 Å². The minimum absolute atomic E-state index is 0.126. The highest BCUT2D eigenvalue weighted by atomic mass is 79.9. The SMILES string of the molecule is Cc1onc(Br)c1CCO. The fraction of sp³-hybridized carbons (Fsp3) is 0.500. The van der Waals surface area contributed by atoms with E-state index in [0.717, 1.165) is 11.3 Å². The van der Waals surface area contributed by atoms with E-state index >= 15 is 0 Å². The summed E-state index contributed by atoms with van der Waals surface area (Å²) in [6.45, 7) is 1.95. The molecule has 1 aromatic rings. The second-order valence-electron chi connectivity index (χ2n) is 1.98. The molecule has 56 valence electrons. The standard InChI is InChI=1S/C6H8BrNO2/c1-4-5(2-3-9)6(7)8-10-4/h9H,2-3H2,1H3. The van der Waals surface area contributed by atoms with Crippen LogP contribution >= 0.6 is 15.9 Å². The summed E-state index contributed by atoms with van der Waals surface area (Å²) in [5, 5.41) is 12.3. The summed E-state index contributed by atoms with van der Waals surface area (Å²) < 4.78 is 5.53. The minimum atomic E-state index is 0.126. The summed E-state index contributed by atoms with van der Waals surface area (Å²) >= 11 is 3.20. The average molecular weight is 206 g/mol. The molecule has 0 bridgehead atoms. The first kappa shape index (κ1) is 7.75. The molecule has 1 aromatic heterocycles. The van der Waals surface area contributed by atoms with E-state index in [1.165, 1.54) is 0 Å². The maximum Gasteiger partial charge on any atom is 0.152 e. The molecule has 0 spiro atoms. The van der Waals surface area contributed by atoms with Crippen molar-refractivity contribution < 1.29 is 9.63 Å². The summed E-state index contributed by atoms with van der Waals surface area (Å²) in [4.78, 5) is 0. The summed E-state index contributed by atoms with van der Waals surface area (Å²) in [7, 11) is 0. The monoisotopic (exact) mass is 205 g/mol. The highest BCUT2D eigenvalue weighted by Crippen LogP contribution is 2.18. The van der Waals surface area contributed by atoms with Gasteiger partial charge in [-0.15, -0.1) is 0 Å². The van der Waals surface area contributed by atoms with Crippen LogP contribution in [0.3, 0.4) is 0 Å². The molecule has 4 heteroatoms. The molecule has 10 heavy (non-hydrogen) atoms. The van der Waals surface area contributed by atoms with E-state index in [1.807, 2.05) is 6.92 Å². The normalized spacial score (nSPS) is 10.3. The van der Waals surface area contributed by atoms with Crippen LogP contribution < -0.4 is 0 Å². The Hall–Kier alpha value is -0.350. The van der Waals surface area contributed by atoms with Crippen molar-refractivity contribution in [3.8, 4) is 0 Å². The lowest BCUT2D eigenvalue weighted by atomic mass is 10.2. The van der Waals surface area contributed by atoms with Gasteiger partial charge in [0.25, 0.3) is 0 Å². The van der Waals surface area contributed by atoms with Crippen LogP contribution in [0.5, 0.6) is 0 Å². The molecule has 1 N–H and O–H groups in total. The maximum atomic E-state index is 8.60. The smallest absolute Gasteiger partial charge is 0.152 e. The van der Waals surface area contributed by atoms with Gasteiger partial charge in [0.1, 0.15) is 5.76 Å². The van der Waals surface area contributed by atoms with Crippen LogP contribution in [-0.2, 0) is 6.42 Å². The highest BCUT2D eigenvalue weighted by molar-refractivity contribution is 9.10. The molecular weight excluding hydrogens is 198 g/mol. The van der Waals surface area contributed by atoms with E-state index in [-0.39, 0.29) is 6.61 Å². The van der Waals surface area contributed by atoms with Gasteiger partial charge in [-0.1, -0.05) is 5.16 Å². The fourth-order valence-corrected chi connectivity index (χ4v) is 1.30. The molecule has 0 aliphatic carbocycles. The molecular formula is C6H8BrNO2. The Morgan fingerprint density at radius 3 is 2.80 bits per heavy atom. The topological polar surface area (TPSA) is 46.3 Å². The molecule has 0 saturated heterocycles. The van der Waals surface area contributed by atoms with Crippen molar-refractivity contribution in [3.63, 3.8) is 0 Å². The second-order valence-corrected chi connectivity index (χ2v) is 2.73. The first-order valence-electron chi connectivity index (χ1n) is 2.97. The third-order valence-electron chi connectivity index (χ3n) is 1.30. The first-order chi connectivity index (χ1) is 4.75. The summed E-state index contributed by atoms with van der Waals surface area (Å²) in [6, 6.07) is 0. The van der Waals surface area contributed by atoms with Crippen LogP contribution in [0.2, 0.25) is 0 Å². The van der Waals surface area contributed by atoms with Crippen molar-refractivity contribution in [2.24, 2.45) is 0 Å². The van der Waals surface area contributed by atoms with Gasteiger partial charge in [-0.2, -0.15) is 0 Å². The maximum absolute atomic E-state index is 8.60. The van der Waals surface area contributed by atoms with Crippen LogP contribution in [0, 0.1) is 6.92 Å². The van der Waals surface area contributed by atoms with Crippen LogP contribution in [-0.4, -0.2) is 16.9 Å². The summed E-state index contributed by atoms with van der Waals surface area (Å²) in [5.41, 5.74) is 0.947. The van der Waals surface area contributed by atoms with Gasteiger partial charge in [0.2, 0.25) is 0 Å². The fourth-order valence-electron chi connectivity index (χ4n) is 0.755. The van der Waals surface area contributed by atoms with Gasteiger partial charge in [0.15, 0.2) is 4.60 Å². The molecule has 0 atom stereocenters. The van der Waals surface area contributed by atoms with Crippen LogP contribution in [0.1, 0.15) is 11.3 Å². The average Bonchev–Trinajstić information content (AvgIpc) is 2.20. The van der Waals surface area contributed by atoms with E-state index in [2.05, 4.69) is 21.1 Å². The molecule has 0 aliphatic heterocycles. The molecule has 1 rings (SSSR count). The molecule has 0 amide bonds. The molecule has 0 radical (unpaired) electrons. The molecule has 0 aliphatic rings. The van der Waals surface area contributed by atoms with Crippen LogP contribution in [0.25, 0.3) is 0 Å². The van der Waals surface area contributed by atoms with Gasteiger partial charge in [-0.3, -0.25) is 0 Å². The minimum Gasteiger partial charge on any atom is -0.396 e. The Balaban J connectivity index is 2.87. The Labute approximate surface area is 67.2 Å². The molecule has 0 unspecified atom stereocenters. The van der Waals surface area contributed by atoms with Crippen molar-refractivity contribution in [3.05, 3.63) is 15.9 Å². The highest BCUT2D eigenvalue weighted by Gasteiger charge is 2.07. The zero-order valence-electron chi connectivity index (χ0n) is 5.59. The van der Waals surface area contributed by atoms with E-state index in [4.69, 9.17) is 9.63 Å². The predicted octanol–water partition coefficient (Wildman–Crippen LogP) is 1.28. The van der Waals surface area contributed by atoms with Crippen LogP contribution in [0.4, 0.5) is 0 Å². The number of nitrogens with zero attached hydrogens (tertiary/aromatic N) is 1.